The molecule has 4 atom stereocenters. The number of hydrogen-bond donors (Lipinski definition) is 2. The lowest BCUT2D eigenvalue weighted by Crippen LogP contribution is -2.57. The number of benzene rings is 2. The van der Waals surface area contributed by atoms with Gasteiger partial charge in [0.25, 0.3) is 0 Å². The second-order valence-corrected chi connectivity index (χ2v) is 11.0. The number of rotatable bonds is 4. The van der Waals surface area contributed by atoms with Gasteiger partial charge in [-0.05, 0) is 86.6 Å². The molecular formula is C28H32ClF7N4O2. The van der Waals surface area contributed by atoms with Gasteiger partial charge in [-0.2, -0.15) is 26.3 Å². The molecule has 42 heavy (non-hydrogen) atoms. The number of piperidine rings is 1. The molecule has 3 N–H and O–H groups in total. The highest BCUT2D eigenvalue weighted by Gasteiger charge is 2.48. The van der Waals surface area contributed by atoms with Crippen LogP contribution in [0.25, 0.3) is 0 Å². The first-order valence-electron chi connectivity index (χ1n) is 13.1. The zero-order chi connectivity index (χ0) is 30.5. The molecule has 1 spiro atoms. The zero-order valence-electron chi connectivity index (χ0n) is 23.1. The van der Waals surface area contributed by atoms with Crippen molar-refractivity contribution in [2.45, 2.75) is 75.5 Å². The normalized spacial score (nSPS) is 23.4. The average molecular weight is 625 g/mol. The first-order valence-corrected chi connectivity index (χ1v) is 13.1. The summed E-state index contributed by atoms with van der Waals surface area (Å²) in [5, 5.41) is 3.30. The summed E-state index contributed by atoms with van der Waals surface area (Å²) in [4.78, 5) is 28.3. The summed E-state index contributed by atoms with van der Waals surface area (Å²) in [6, 6.07) is 2.49. The van der Waals surface area contributed by atoms with Gasteiger partial charge in [-0.15, -0.1) is 12.4 Å². The maximum absolute atomic E-state index is 13.9. The molecule has 4 rings (SSSR count). The molecule has 0 bridgehead atoms. The van der Waals surface area contributed by atoms with Gasteiger partial charge in [0.05, 0.1) is 29.3 Å². The van der Waals surface area contributed by atoms with Gasteiger partial charge in [0.15, 0.2) is 0 Å². The van der Waals surface area contributed by atoms with E-state index in [0.29, 0.717) is 48.9 Å². The number of alkyl halides is 6. The number of carbonyl (C=O) groups excluding carboxylic acids is 2. The Morgan fingerprint density at radius 2 is 1.64 bits per heavy atom. The third kappa shape index (κ3) is 6.77. The highest BCUT2D eigenvalue weighted by Crippen LogP contribution is 2.44. The van der Waals surface area contributed by atoms with Crippen molar-refractivity contribution >= 4 is 24.3 Å². The van der Waals surface area contributed by atoms with Crippen LogP contribution < -0.4 is 11.1 Å². The molecule has 0 radical (unpaired) electrons. The molecule has 3 amide bonds. The number of nitrogens with zero attached hydrogens (tertiary/aromatic N) is 2. The molecule has 0 aliphatic carbocycles. The Morgan fingerprint density at radius 3 is 2.14 bits per heavy atom. The Balaban J connectivity index is 0.00000484. The van der Waals surface area contributed by atoms with Crippen LogP contribution in [0.15, 0.2) is 36.4 Å². The second-order valence-electron chi connectivity index (χ2n) is 11.0. The molecule has 2 aliphatic rings. The summed E-state index contributed by atoms with van der Waals surface area (Å²) in [5.74, 6) is -0.971. The summed E-state index contributed by atoms with van der Waals surface area (Å²) >= 11 is 0. The molecular weight excluding hydrogens is 593 g/mol. The fraction of sp³-hybridized carbons (Fsp3) is 0.500. The van der Waals surface area contributed by atoms with Crippen molar-refractivity contribution in [1.82, 2.24) is 15.1 Å². The standard InChI is InChI=1S/C28H31F7N4O2.ClH/c1-15-10-20(29)4-5-21(15)23-14-26(7-6-22(37-26)24(36)40)8-9-39(23)25(41)38(3)16(2)17-11-18(27(30,31)32)13-19(12-17)28(33,34)35;/h4-5,10-13,16,22-23,37H,6-9,14H2,1-3H3,(H2,36,40);1H/t16-,22-,23-,26+;/m1./s1. The lowest BCUT2D eigenvalue weighted by atomic mass is 9.79. The Hall–Kier alpha value is -3.06. The third-order valence-corrected chi connectivity index (χ3v) is 8.34. The quantitative estimate of drug-likeness (QED) is 0.380. The number of primary amides is 1. The topological polar surface area (TPSA) is 78.7 Å². The Kier molecular flexibility index (Phi) is 9.48. The number of halogens is 8. The highest BCUT2D eigenvalue weighted by molar-refractivity contribution is 5.85. The van der Waals surface area contributed by atoms with Crippen molar-refractivity contribution < 1.29 is 40.3 Å². The van der Waals surface area contributed by atoms with Crippen molar-refractivity contribution in [3.63, 3.8) is 0 Å². The molecule has 2 saturated heterocycles. The predicted octanol–water partition coefficient (Wildman–Crippen LogP) is 6.52. The number of amides is 3. The first-order chi connectivity index (χ1) is 18.9. The van der Waals surface area contributed by atoms with Gasteiger partial charge in [-0.1, -0.05) is 6.07 Å². The van der Waals surface area contributed by atoms with Gasteiger partial charge < -0.3 is 20.9 Å². The molecule has 14 heteroatoms. The summed E-state index contributed by atoms with van der Waals surface area (Å²) in [6.45, 7) is 3.21. The third-order valence-electron chi connectivity index (χ3n) is 8.34. The average Bonchev–Trinajstić information content (AvgIpc) is 3.29. The van der Waals surface area contributed by atoms with Gasteiger partial charge in [-0.25, -0.2) is 9.18 Å². The Labute approximate surface area is 244 Å². The first kappa shape index (κ1) is 33.4. The minimum atomic E-state index is -5.03. The van der Waals surface area contributed by atoms with Crippen LogP contribution in [-0.4, -0.2) is 46.9 Å². The number of nitrogens with two attached hydrogens (primary N) is 1. The van der Waals surface area contributed by atoms with Crippen LogP contribution in [0.2, 0.25) is 0 Å². The zero-order valence-corrected chi connectivity index (χ0v) is 23.9. The van der Waals surface area contributed by atoms with E-state index in [4.69, 9.17) is 5.73 Å². The minimum Gasteiger partial charge on any atom is -0.368 e. The van der Waals surface area contributed by atoms with E-state index in [0.717, 1.165) is 4.90 Å². The lowest BCUT2D eigenvalue weighted by molar-refractivity contribution is -0.143. The molecule has 2 aromatic carbocycles. The fourth-order valence-electron chi connectivity index (χ4n) is 5.91. The van der Waals surface area contributed by atoms with Gasteiger partial charge in [0.2, 0.25) is 5.91 Å². The monoisotopic (exact) mass is 624 g/mol. The lowest BCUT2D eigenvalue weighted by Gasteiger charge is -2.47. The second kappa shape index (κ2) is 11.9. The number of carbonyl (C=O) groups is 2. The van der Waals surface area contributed by atoms with E-state index in [9.17, 15) is 40.3 Å². The van der Waals surface area contributed by atoms with E-state index < -0.39 is 64.9 Å². The van der Waals surface area contributed by atoms with Gasteiger partial charge in [-0.3, -0.25) is 4.79 Å². The Bertz CT molecular complexity index is 1300. The van der Waals surface area contributed by atoms with Crippen molar-refractivity contribution in [3.8, 4) is 0 Å². The van der Waals surface area contributed by atoms with Crippen LogP contribution in [0.5, 0.6) is 0 Å². The van der Waals surface area contributed by atoms with Crippen LogP contribution in [0.1, 0.15) is 72.5 Å². The maximum Gasteiger partial charge on any atom is 0.416 e. The summed E-state index contributed by atoms with van der Waals surface area (Å²) in [6.07, 6.45) is -8.16. The maximum atomic E-state index is 13.9. The van der Waals surface area contributed by atoms with Crippen molar-refractivity contribution in [1.29, 1.82) is 0 Å². The summed E-state index contributed by atoms with van der Waals surface area (Å²) < 4.78 is 94.7. The Morgan fingerprint density at radius 1 is 1.05 bits per heavy atom. The van der Waals surface area contributed by atoms with E-state index in [1.54, 1.807) is 13.0 Å². The van der Waals surface area contributed by atoms with Crippen LogP contribution in [0.3, 0.4) is 0 Å². The van der Waals surface area contributed by atoms with E-state index in [-0.39, 0.29) is 30.6 Å². The highest BCUT2D eigenvalue weighted by atomic mass is 35.5. The SMILES string of the molecule is Cc1cc(F)ccc1[C@H]1C[C@]2(CC[C@H](C(N)=O)N2)CCN1C(=O)N(C)[C@H](C)c1cc(C(F)(F)F)cc(C(F)(F)F)c1.Cl. The molecule has 2 heterocycles. The van der Waals surface area contributed by atoms with E-state index in [2.05, 4.69) is 5.32 Å². The number of hydrogen-bond acceptors (Lipinski definition) is 3. The smallest absolute Gasteiger partial charge is 0.368 e. The number of urea groups is 1. The number of aryl methyl sites for hydroxylation is 1. The molecule has 232 valence electrons. The van der Waals surface area contributed by atoms with Gasteiger partial charge in [0.1, 0.15) is 5.82 Å². The molecule has 2 fully saturated rings. The predicted molar refractivity (Wildman–Crippen MR) is 143 cm³/mol. The van der Waals surface area contributed by atoms with Crippen LogP contribution in [0.4, 0.5) is 35.5 Å². The van der Waals surface area contributed by atoms with E-state index in [1.165, 1.54) is 31.0 Å². The molecule has 0 unspecified atom stereocenters. The summed E-state index contributed by atoms with van der Waals surface area (Å²) in [5.41, 5.74) is 2.91. The largest absolute Gasteiger partial charge is 0.416 e. The van der Waals surface area contributed by atoms with Crippen LogP contribution in [-0.2, 0) is 17.1 Å². The molecule has 2 aliphatic heterocycles. The van der Waals surface area contributed by atoms with Crippen LogP contribution in [0, 0.1) is 12.7 Å². The minimum absolute atomic E-state index is 0. The van der Waals surface area contributed by atoms with Crippen LogP contribution >= 0.6 is 12.4 Å². The molecule has 0 aromatic heterocycles. The number of likely N-dealkylation sites (tertiary alicyclic amines) is 1. The van der Waals surface area contributed by atoms with E-state index >= 15 is 0 Å². The summed E-state index contributed by atoms with van der Waals surface area (Å²) in [7, 11) is 1.32. The van der Waals surface area contributed by atoms with Crippen molar-refractivity contribution in [2.75, 3.05) is 13.6 Å². The van der Waals surface area contributed by atoms with E-state index in [1.807, 2.05) is 0 Å². The van der Waals surface area contributed by atoms with Crippen molar-refractivity contribution in [2.24, 2.45) is 5.73 Å². The van der Waals surface area contributed by atoms with Gasteiger partial charge >= 0.3 is 18.4 Å². The van der Waals surface area contributed by atoms with Crippen molar-refractivity contribution in [3.05, 3.63) is 70.0 Å². The van der Waals surface area contributed by atoms with Gasteiger partial charge in [0, 0.05) is 19.1 Å². The fourth-order valence-corrected chi connectivity index (χ4v) is 5.91. The molecule has 2 aromatic rings. The molecule has 0 saturated carbocycles. The molecule has 6 nitrogen and oxygen atoms in total. The number of nitrogens with one attached hydrogen (secondary N) is 1.